The van der Waals surface area contributed by atoms with E-state index >= 15 is 0 Å². The molecule has 4 rings (SSSR count). The third-order valence-corrected chi connectivity index (χ3v) is 7.58. The number of ether oxygens (including phenoxy) is 1. The Kier molecular flexibility index (Phi) is 8.81. The van der Waals surface area contributed by atoms with Crippen molar-refractivity contribution in [3.05, 3.63) is 68.8 Å². The SMILES string of the molecule is Cc1ccc(C)c(-c2nc(C)c(COc3ccc(Cl)cc3Cl)c(N3CCN(CC(N)=O)[C@@H](C(C)C)C3)n2)c1. The molecule has 3 aromatic rings. The van der Waals surface area contributed by atoms with Gasteiger partial charge in [0, 0.05) is 36.3 Å². The van der Waals surface area contributed by atoms with E-state index in [1.165, 1.54) is 0 Å². The van der Waals surface area contributed by atoms with Crippen LogP contribution in [0.4, 0.5) is 5.82 Å². The molecule has 1 atom stereocenters. The van der Waals surface area contributed by atoms with Gasteiger partial charge in [0.25, 0.3) is 0 Å². The van der Waals surface area contributed by atoms with Crippen molar-refractivity contribution < 1.29 is 9.53 Å². The van der Waals surface area contributed by atoms with Crippen LogP contribution in [0.15, 0.2) is 36.4 Å². The molecule has 1 aliphatic heterocycles. The van der Waals surface area contributed by atoms with Crippen LogP contribution in [0, 0.1) is 26.7 Å². The van der Waals surface area contributed by atoms with Crippen molar-refractivity contribution in [2.45, 2.75) is 47.3 Å². The molecule has 0 saturated carbocycles. The molecule has 0 aliphatic carbocycles. The number of anilines is 1. The van der Waals surface area contributed by atoms with Crippen LogP contribution in [-0.4, -0.2) is 53.0 Å². The minimum atomic E-state index is -0.312. The molecule has 1 aliphatic rings. The lowest BCUT2D eigenvalue weighted by molar-refractivity contribution is -0.120. The second-order valence-corrected chi connectivity index (χ2v) is 11.2. The summed E-state index contributed by atoms with van der Waals surface area (Å²) in [6.45, 7) is 13.1. The smallest absolute Gasteiger partial charge is 0.231 e. The van der Waals surface area contributed by atoms with E-state index in [4.69, 9.17) is 43.6 Å². The molecule has 7 nitrogen and oxygen atoms in total. The highest BCUT2D eigenvalue weighted by atomic mass is 35.5. The van der Waals surface area contributed by atoms with E-state index in [2.05, 4.69) is 55.7 Å². The average molecular weight is 557 g/mol. The van der Waals surface area contributed by atoms with E-state index in [0.29, 0.717) is 47.2 Å². The number of carbonyl (C=O) groups is 1. The molecule has 2 heterocycles. The molecule has 0 unspecified atom stereocenters. The van der Waals surface area contributed by atoms with Gasteiger partial charge < -0.3 is 15.4 Å². The van der Waals surface area contributed by atoms with Gasteiger partial charge in [-0.3, -0.25) is 9.69 Å². The fourth-order valence-corrected chi connectivity index (χ4v) is 5.38. The molecule has 1 fully saturated rings. The Morgan fingerprint density at radius 2 is 1.87 bits per heavy atom. The first-order chi connectivity index (χ1) is 18.0. The van der Waals surface area contributed by atoms with E-state index in [0.717, 1.165) is 33.8 Å². The molecule has 9 heteroatoms. The first kappa shape index (κ1) is 28.1. The molecule has 0 bridgehead atoms. The highest BCUT2D eigenvalue weighted by Crippen LogP contribution is 2.33. The van der Waals surface area contributed by atoms with Crippen LogP contribution >= 0.6 is 23.2 Å². The number of nitrogens with two attached hydrogens (primary N) is 1. The zero-order valence-electron chi connectivity index (χ0n) is 22.6. The monoisotopic (exact) mass is 555 g/mol. The van der Waals surface area contributed by atoms with Gasteiger partial charge in [-0.2, -0.15) is 0 Å². The predicted molar refractivity (Wildman–Crippen MR) is 154 cm³/mol. The van der Waals surface area contributed by atoms with Gasteiger partial charge in [0.15, 0.2) is 5.82 Å². The van der Waals surface area contributed by atoms with Gasteiger partial charge in [-0.25, -0.2) is 9.97 Å². The third-order valence-electron chi connectivity index (χ3n) is 7.05. The van der Waals surface area contributed by atoms with Crippen molar-refractivity contribution in [1.29, 1.82) is 0 Å². The molecule has 1 amide bonds. The molecular weight excluding hydrogens is 521 g/mol. The molecule has 0 spiro atoms. The van der Waals surface area contributed by atoms with Gasteiger partial charge in [0.2, 0.25) is 5.91 Å². The summed E-state index contributed by atoms with van der Waals surface area (Å²) in [6.07, 6.45) is 0. The van der Waals surface area contributed by atoms with Crippen molar-refractivity contribution in [2.24, 2.45) is 11.7 Å². The summed E-state index contributed by atoms with van der Waals surface area (Å²) in [7, 11) is 0. The summed E-state index contributed by atoms with van der Waals surface area (Å²) in [5.41, 5.74) is 10.6. The number of aromatic nitrogens is 2. The molecule has 0 radical (unpaired) electrons. The van der Waals surface area contributed by atoms with Crippen LogP contribution in [0.1, 0.15) is 36.2 Å². The normalized spacial score (nSPS) is 16.2. The third kappa shape index (κ3) is 6.40. The number of halogens is 2. The molecule has 1 aromatic heterocycles. The number of primary amides is 1. The first-order valence-electron chi connectivity index (χ1n) is 12.8. The zero-order valence-corrected chi connectivity index (χ0v) is 24.1. The largest absolute Gasteiger partial charge is 0.487 e. The van der Waals surface area contributed by atoms with Gasteiger partial charge in [-0.15, -0.1) is 0 Å². The topological polar surface area (TPSA) is 84.6 Å². The molecule has 2 N–H and O–H groups in total. The quantitative estimate of drug-likeness (QED) is 0.390. The zero-order chi connectivity index (χ0) is 27.6. The van der Waals surface area contributed by atoms with Gasteiger partial charge in [-0.05, 0) is 56.5 Å². The van der Waals surface area contributed by atoms with E-state index in [1.54, 1.807) is 18.2 Å². The second kappa shape index (κ2) is 11.9. The summed E-state index contributed by atoms with van der Waals surface area (Å²) in [5.74, 6) is 2.08. The summed E-state index contributed by atoms with van der Waals surface area (Å²) in [4.78, 5) is 26.2. The van der Waals surface area contributed by atoms with Crippen molar-refractivity contribution in [3.63, 3.8) is 0 Å². The van der Waals surface area contributed by atoms with E-state index in [-0.39, 0.29) is 25.1 Å². The standard InChI is InChI=1S/C29H35Cl2N5O2/c1-17(2)25-14-36(11-10-35(25)15-27(32)37)29-23(16-38-26-9-8-21(30)13-24(26)31)20(5)33-28(34-29)22-12-18(3)6-7-19(22)4/h6-9,12-13,17,25H,10-11,14-16H2,1-5H3,(H2,32,37)/t25-/m1/s1. The Hall–Kier alpha value is -2.87. The lowest BCUT2D eigenvalue weighted by atomic mass is 9.99. The van der Waals surface area contributed by atoms with Crippen LogP contribution < -0.4 is 15.4 Å². The summed E-state index contributed by atoms with van der Waals surface area (Å²) in [5, 5.41) is 0.999. The lowest BCUT2D eigenvalue weighted by Crippen LogP contribution is -2.57. The Morgan fingerprint density at radius 3 is 2.55 bits per heavy atom. The van der Waals surface area contributed by atoms with Crippen LogP contribution in [0.25, 0.3) is 11.4 Å². The average Bonchev–Trinajstić information content (AvgIpc) is 2.85. The van der Waals surface area contributed by atoms with Gasteiger partial charge in [0.05, 0.1) is 22.8 Å². The van der Waals surface area contributed by atoms with Crippen molar-refractivity contribution >= 4 is 34.9 Å². The van der Waals surface area contributed by atoms with Gasteiger partial charge >= 0.3 is 0 Å². The van der Waals surface area contributed by atoms with Crippen molar-refractivity contribution in [1.82, 2.24) is 14.9 Å². The second-order valence-electron chi connectivity index (χ2n) is 10.3. The number of rotatable bonds is 8. The Balaban J connectivity index is 1.75. The van der Waals surface area contributed by atoms with Crippen LogP contribution in [0.2, 0.25) is 10.0 Å². The first-order valence-corrected chi connectivity index (χ1v) is 13.6. The van der Waals surface area contributed by atoms with Crippen molar-refractivity contribution in [3.8, 4) is 17.1 Å². The van der Waals surface area contributed by atoms with Crippen LogP contribution in [0.5, 0.6) is 5.75 Å². The molecule has 1 saturated heterocycles. The fourth-order valence-electron chi connectivity index (χ4n) is 4.92. The number of aryl methyl sites for hydroxylation is 3. The maximum Gasteiger partial charge on any atom is 0.231 e. The van der Waals surface area contributed by atoms with E-state index in [1.807, 2.05) is 6.92 Å². The fraction of sp³-hybridized carbons (Fsp3) is 0.414. The maximum atomic E-state index is 11.7. The minimum absolute atomic E-state index is 0.148. The van der Waals surface area contributed by atoms with Gasteiger partial charge in [-0.1, -0.05) is 54.7 Å². The highest BCUT2D eigenvalue weighted by molar-refractivity contribution is 6.35. The van der Waals surface area contributed by atoms with E-state index < -0.39 is 0 Å². The summed E-state index contributed by atoms with van der Waals surface area (Å²) < 4.78 is 6.16. The highest BCUT2D eigenvalue weighted by Gasteiger charge is 2.32. The van der Waals surface area contributed by atoms with Crippen LogP contribution in [0.3, 0.4) is 0 Å². The number of hydrogen-bond acceptors (Lipinski definition) is 6. The lowest BCUT2D eigenvalue weighted by Gasteiger charge is -2.44. The number of carbonyl (C=O) groups excluding carboxylic acids is 1. The molecular formula is C29H35Cl2N5O2. The van der Waals surface area contributed by atoms with Crippen molar-refractivity contribution in [2.75, 3.05) is 31.1 Å². The van der Waals surface area contributed by atoms with E-state index in [9.17, 15) is 4.79 Å². The predicted octanol–water partition coefficient (Wildman–Crippen LogP) is 5.59. The Bertz CT molecular complexity index is 1330. The molecule has 2 aromatic carbocycles. The number of piperazine rings is 1. The molecule has 202 valence electrons. The maximum absolute atomic E-state index is 11.7. The number of benzene rings is 2. The molecule has 38 heavy (non-hydrogen) atoms. The van der Waals surface area contributed by atoms with Crippen LogP contribution in [-0.2, 0) is 11.4 Å². The minimum Gasteiger partial charge on any atom is -0.487 e. The Morgan fingerprint density at radius 1 is 1.11 bits per heavy atom. The summed E-state index contributed by atoms with van der Waals surface area (Å²) in [6, 6.07) is 11.6. The number of hydrogen-bond donors (Lipinski definition) is 1. The number of nitrogens with zero attached hydrogens (tertiary/aromatic N) is 4. The Labute approximate surface area is 234 Å². The number of amides is 1. The summed E-state index contributed by atoms with van der Waals surface area (Å²) >= 11 is 12.4. The van der Waals surface area contributed by atoms with Gasteiger partial charge in [0.1, 0.15) is 18.2 Å².